The molecule has 1 aliphatic carbocycles. The maximum absolute atomic E-state index is 13.9. The first-order chi connectivity index (χ1) is 8.56. The first-order valence-electron chi connectivity index (χ1n) is 5.78. The zero-order chi connectivity index (χ0) is 12.9. The number of benzene rings is 1. The van der Waals surface area contributed by atoms with Gasteiger partial charge in [-0.15, -0.1) is 0 Å². The third-order valence-corrected chi connectivity index (χ3v) is 3.67. The lowest BCUT2D eigenvalue weighted by molar-refractivity contribution is -0.143. The molecule has 1 saturated carbocycles. The summed E-state index contributed by atoms with van der Waals surface area (Å²) in [6.07, 6.45) is 1.50. The van der Waals surface area contributed by atoms with Crippen LogP contribution in [-0.2, 0) is 26.2 Å². The van der Waals surface area contributed by atoms with Gasteiger partial charge >= 0.3 is 5.97 Å². The molecule has 0 bridgehead atoms. The van der Waals surface area contributed by atoms with Gasteiger partial charge in [-0.3, -0.25) is 9.59 Å². The van der Waals surface area contributed by atoms with Crippen LogP contribution in [0.4, 0.5) is 10.1 Å². The summed E-state index contributed by atoms with van der Waals surface area (Å²) in [7, 11) is 1.33. The molecule has 0 radical (unpaired) electrons. The molecule has 4 nitrogen and oxygen atoms in total. The molecule has 1 aromatic rings. The number of carbonyl (C=O) groups is 2. The average Bonchev–Trinajstić information content (AvgIpc) is 3.06. The number of rotatable bonds is 2. The lowest BCUT2D eigenvalue weighted by atomic mass is 9.93. The first-order valence-corrected chi connectivity index (χ1v) is 5.78. The molecule has 1 amide bonds. The van der Waals surface area contributed by atoms with Gasteiger partial charge in [0.25, 0.3) is 0 Å². The van der Waals surface area contributed by atoms with Gasteiger partial charge in [0.15, 0.2) is 0 Å². The lowest BCUT2D eigenvalue weighted by Gasteiger charge is -2.14. The summed E-state index contributed by atoms with van der Waals surface area (Å²) in [4.78, 5) is 23.0. The van der Waals surface area contributed by atoms with Gasteiger partial charge in [0.05, 0.1) is 24.6 Å². The van der Waals surface area contributed by atoms with Crippen LogP contribution in [0, 0.1) is 5.82 Å². The number of hydrogen-bond acceptors (Lipinski definition) is 3. The van der Waals surface area contributed by atoms with E-state index in [0.29, 0.717) is 24.0 Å². The average molecular weight is 249 g/mol. The predicted octanol–water partition coefficient (Wildman–Crippen LogP) is 1.52. The number of amides is 1. The molecular formula is C13H12FNO3. The highest BCUT2D eigenvalue weighted by atomic mass is 19.1. The van der Waals surface area contributed by atoms with Crippen molar-refractivity contribution >= 4 is 17.6 Å². The molecule has 3 rings (SSSR count). The predicted molar refractivity (Wildman–Crippen MR) is 61.7 cm³/mol. The molecule has 0 atom stereocenters. The van der Waals surface area contributed by atoms with E-state index in [1.165, 1.54) is 13.2 Å². The fourth-order valence-electron chi connectivity index (χ4n) is 2.51. The van der Waals surface area contributed by atoms with Crippen molar-refractivity contribution in [2.75, 3.05) is 12.4 Å². The van der Waals surface area contributed by atoms with Crippen LogP contribution in [0.2, 0.25) is 0 Å². The highest BCUT2D eigenvalue weighted by molar-refractivity contribution is 5.99. The van der Waals surface area contributed by atoms with Crippen LogP contribution in [0.25, 0.3) is 0 Å². The van der Waals surface area contributed by atoms with Crippen LogP contribution in [0.1, 0.15) is 24.0 Å². The maximum Gasteiger partial charge on any atom is 0.316 e. The van der Waals surface area contributed by atoms with Crippen LogP contribution >= 0.6 is 0 Å². The van der Waals surface area contributed by atoms with Gasteiger partial charge in [-0.2, -0.15) is 0 Å². The number of nitrogens with one attached hydrogen (secondary N) is 1. The van der Waals surface area contributed by atoms with Gasteiger partial charge in [0.2, 0.25) is 5.91 Å². The SMILES string of the molecule is COC(=O)C1(c2cc(F)c3c(c2)CC(=O)N3)CC1. The second-order valence-electron chi connectivity index (χ2n) is 4.79. The van der Waals surface area contributed by atoms with E-state index in [-0.39, 0.29) is 24.0 Å². The molecular weight excluding hydrogens is 237 g/mol. The van der Waals surface area contributed by atoms with Crippen molar-refractivity contribution in [1.82, 2.24) is 0 Å². The van der Waals surface area contributed by atoms with Crippen LogP contribution in [0.15, 0.2) is 12.1 Å². The Morgan fingerprint density at radius 2 is 2.17 bits per heavy atom. The molecule has 1 aromatic carbocycles. The molecule has 94 valence electrons. The number of hydrogen-bond donors (Lipinski definition) is 1. The Balaban J connectivity index is 2.06. The Hall–Kier alpha value is -1.91. The normalized spacial score (nSPS) is 19.1. The van der Waals surface area contributed by atoms with E-state index in [9.17, 15) is 14.0 Å². The van der Waals surface area contributed by atoms with Crippen molar-refractivity contribution in [3.63, 3.8) is 0 Å². The van der Waals surface area contributed by atoms with Crippen molar-refractivity contribution in [3.05, 3.63) is 29.1 Å². The number of carbonyl (C=O) groups excluding carboxylic acids is 2. The summed E-state index contributed by atoms with van der Waals surface area (Å²) < 4.78 is 18.7. The Morgan fingerprint density at radius 1 is 1.44 bits per heavy atom. The van der Waals surface area contributed by atoms with Gasteiger partial charge in [0.1, 0.15) is 5.82 Å². The smallest absolute Gasteiger partial charge is 0.316 e. The molecule has 1 N–H and O–H groups in total. The maximum atomic E-state index is 13.9. The van der Waals surface area contributed by atoms with Gasteiger partial charge < -0.3 is 10.1 Å². The van der Waals surface area contributed by atoms with Crippen molar-refractivity contribution in [1.29, 1.82) is 0 Å². The molecule has 18 heavy (non-hydrogen) atoms. The molecule has 0 aromatic heterocycles. The van der Waals surface area contributed by atoms with Crippen LogP contribution in [0.3, 0.4) is 0 Å². The van der Waals surface area contributed by atoms with E-state index >= 15 is 0 Å². The summed E-state index contributed by atoms with van der Waals surface area (Å²) in [5.74, 6) is -1.04. The minimum Gasteiger partial charge on any atom is -0.468 e. The van der Waals surface area contributed by atoms with E-state index in [0.717, 1.165) is 0 Å². The molecule has 1 aliphatic heterocycles. The summed E-state index contributed by atoms with van der Waals surface area (Å²) in [5.41, 5.74) is 0.771. The molecule has 0 spiro atoms. The molecule has 0 unspecified atom stereocenters. The summed E-state index contributed by atoms with van der Waals surface area (Å²) in [5, 5.41) is 2.48. The van der Waals surface area contributed by atoms with E-state index in [1.807, 2.05) is 0 Å². The standard InChI is InChI=1S/C13H12FNO3/c1-18-12(17)13(2-3-13)8-4-7-5-10(16)15-11(7)9(14)6-8/h4,6H,2-3,5H2,1H3,(H,15,16). The Morgan fingerprint density at radius 3 is 2.78 bits per heavy atom. The van der Waals surface area contributed by atoms with Crippen LogP contribution in [0.5, 0.6) is 0 Å². The number of esters is 1. The molecule has 5 heteroatoms. The zero-order valence-electron chi connectivity index (χ0n) is 9.88. The van der Waals surface area contributed by atoms with Gasteiger partial charge in [-0.1, -0.05) is 6.07 Å². The molecule has 1 fully saturated rings. The molecule has 1 heterocycles. The van der Waals surface area contributed by atoms with Crippen molar-refractivity contribution in [3.8, 4) is 0 Å². The fraction of sp³-hybridized carbons (Fsp3) is 0.385. The Labute approximate surface area is 103 Å². The van der Waals surface area contributed by atoms with E-state index in [1.54, 1.807) is 6.07 Å². The van der Waals surface area contributed by atoms with Crippen molar-refractivity contribution in [2.45, 2.75) is 24.7 Å². The largest absolute Gasteiger partial charge is 0.468 e. The monoisotopic (exact) mass is 249 g/mol. The summed E-state index contributed by atoms with van der Waals surface area (Å²) in [6.45, 7) is 0. The van der Waals surface area contributed by atoms with Crippen LogP contribution < -0.4 is 5.32 Å². The van der Waals surface area contributed by atoms with Crippen molar-refractivity contribution < 1.29 is 18.7 Å². The number of methoxy groups -OCH3 is 1. The summed E-state index contributed by atoms with van der Waals surface area (Å²) in [6, 6.07) is 3.06. The number of ether oxygens (including phenoxy) is 1. The second kappa shape index (κ2) is 3.54. The number of halogens is 1. The third-order valence-electron chi connectivity index (χ3n) is 3.67. The first kappa shape index (κ1) is 11.2. The van der Waals surface area contributed by atoms with Gasteiger partial charge in [-0.25, -0.2) is 4.39 Å². The Kier molecular flexibility index (Phi) is 2.20. The lowest BCUT2D eigenvalue weighted by Crippen LogP contribution is -2.22. The highest BCUT2D eigenvalue weighted by Crippen LogP contribution is 2.50. The molecule has 2 aliphatic rings. The van der Waals surface area contributed by atoms with Gasteiger partial charge in [-0.05, 0) is 30.0 Å². The minimum atomic E-state index is -0.698. The van der Waals surface area contributed by atoms with E-state index in [4.69, 9.17) is 4.74 Å². The number of fused-ring (bicyclic) bond motifs is 1. The second-order valence-corrected chi connectivity index (χ2v) is 4.79. The third kappa shape index (κ3) is 1.43. The van der Waals surface area contributed by atoms with Gasteiger partial charge in [0, 0.05) is 0 Å². The molecule has 0 saturated heterocycles. The highest BCUT2D eigenvalue weighted by Gasteiger charge is 2.53. The van der Waals surface area contributed by atoms with Crippen LogP contribution in [-0.4, -0.2) is 19.0 Å². The topological polar surface area (TPSA) is 55.4 Å². The summed E-state index contributed by atoms with van der Waals surface area (Å²) >= 11 is 0. The van der Waals surface area contributed by atoms with Crippen molar-refractivity contribution in [2.24, 2.45) is 0 Å². The Bertz CT molecular complexity index is 564. The minimum absolute atomic E-state index is 0.164. The van der Waals surface area contributed by atoms with E-state index < -0.39 is 11.2 Å². The fourth-order valence-corrected chi connectivity index (χ4v) is 2.51. The number of anilines is 1. The van der Waals surface area contributed by atoms with E-state index in [2.05, 4.69) is 5.32 Å². The zero-order valence-corrected chi connectivity index (χ0v) is 9.88. The quantitative estimate of drug-likeness (QED) is 0.808.